The summed E-state index contributed by atoms with van der Waals surface area (Å²) in [5, 5.41) is 8.55. The first kappa shape index (κ1) is 18.8. The molecule has 0 N–H and O–H groups in total. The molecular weight excluding hydrogens is 380 g/mol. The highest BCUT2D eigenvalue weighted by Crippen LogP contribution is 2.48. The first-order chi connectivity index (χ1) is 14.6. The molecule has 7 nitrogen and oxygen atoms in total. The minimum absolute atomic E-state index is 0.0507. The van der Waals surface area contributed by atoms with Gasteiger partial charge in [-0.25, -0.2) is 0 Å². The number of amides is 1. The van der Waals surface area contributed by atoms with Gasteiger partial charge in [0.05, 0.1) is 13.2 Å². The summed E-state index contributed by atoms with van der Waals surface area (Å²) < 4.78 is 11.2. The van der Waals surface area contributed by atoms with Gasteiger partial charge >= 0.3 is 0 Å². The van der Waals surface area contributed by atoms with Crippen molar-refractivity contribution in [2.45, 2.75) is 12.5 Å². The molecule has 30 heavy (non-hydrogen) atoms. The van der Waals surface area contributed by atoms with Crippen molar-refractivity contribution in [1.29, 1.82) is 0 Å². The predicted molar refractivity (Wildman–Crippen MR) is 111 cm³/mol. The summed E-state index contributed by atoms with van der Waals surface area (Å²) >= 11 is 0. The van der Waals surface area contributed by atoms with Crippen LogP contribution >= 0.6 is 0 Å². The first-order valence-electron chi connectivity index (χ1n) is 10.1. The van der Waals surface area contributed by atoms with Gasteiger partial charge in [-0.3, -0.25) is 9.69 Å². The van der Waals surface area contributed by atoms with Crippen molar-refractivity contribution >= 4 is 5.91 Å². The average Bonchev–Trinajstić information content (AvgIpc) is 3.37. The molecule has 1 spiro atoms. The van der Waals surface area contributed by atoms with E-state index in [2.05, 4.69) is 22.1 Å². The minimum Gasteiger partial charge on any atom is -0.497 e. The Bertz CT molecular complexity index is 1060. The molecule has 2 aliphatic heterocycles. The number of hydrogen-bond donors (Lipinski definition) is 0. The van der Waals surface area contributed by atoms with E-state index in [4.69, 9.17) is 9.15 Å². The summed E-state index contributed by atoms with van der Waals surface area (Å²) in [6.07, 6.45) is 0.905. The number of ether oxygens (including phenoxy) is 1. The zero-order valence-electron chi connectivity index (χ0n) is 17.1. The molecule has 1 amide bonds. The van der Waals surface area contributed by atoms with Crippen LogP contribution in [0.25, 0.3) is 11.5 Å². The molecule has 3 heterocycles. The average molecular weight is 404 g/mol. The molecule has 2 saturated heterocycles. The number of rotatable bonds is 4. The quantitative estimate of drug-likeness (QED) is 0.665. The van der Waals surface area contributed by atoms with E-state index in [0.29, 0.717) is 23.1 Å². The Morgan fingerprint density at radius 1 is 1.10 bits per heavy atom. The highest BCUT2D eigenvalue weighted by atomic mass is 16.5. The summed E-state index contributed by atoms with van der Waals surface area (Å²) in [6.45, 7) is 2.38. The van der Waals surface area contributed by atoms with Crippen LogP contribution in [0.3, 0.4) is 0 Å². The summed E-state index contributed by atoms with van der Waals surface area (Å²) in [4.78, 5) is 17.0. The van der Waals surface area contributed by atoms with E-state index in [0.717, 1.165) is 31.6 Å². The highest BCUT2D eigenvalue weighted by molar-refractivity contribution is 5.95. The van der Waals surface area contributed by atoms with E-state index in [9.17, 15) is 4.79 Å². The van der Waals surface area contributed by atoms with Crippen LogP contribution in [0.4, 0.5) is 0 Å². The smallest absolute Gasteiger partial charge is 0.254 e. The van der Waals surface area contributed by atoms with Gasteiger partial charge in [0.15, 0.2) is 0 Å². The van der Waals surface area contributed by atoms with Crippen LogP contribution in [0, 0.1) is 5.41 Å². The lowest BCUT2D eigenvalue weighted by atomic mass is 9.77. The second kappa shape index (κ2) is 7.25. The van der Waals surface area contributed by atoms with Gasteiger partial charge in [-0.2, -0.15) is 0 Å². The number of nitrogens with zero attached hydrogens (tertiary/aromatic N) is 4. The molecule has 3 aromatic rings. The molecule has 154 valence electrons. The number of aromatic nitrogens is 2. The first-order valence-corrected chi connectivity index (χ1v) is 10.1. The topological polar surface area (TPSA) is 71.7 Å². The van der Waals surface area contributed by atoms with Crippen molar-refractivity contribution in [1.82, 2.24) is 20.0 Å². The lowest BCUT2D eigenvalue weighted by molar-refractivity contribution is 0.0115. The van der Waals surface area contributed by atoms with Gasteiger partial charge in [0, 0.05) is 36.2 Å². The van der Waals surface area contributed by atoms with Crippen LogP contribution in [0.5, 0.6) is 5.75 Å². The maximum absolute atomic E-state index is 12.8. The van der Waals surface area contributed by atoms with Crippen molar-refractivity contribution in [3.8, 4) is 17.2 Å². The molecule has 2 aliphatic rings. The third-order valence-electron chi connectivity index (χ3n) is 6.15. The van der Waals surface area contributed by atoms with Gasteiger partial charge in [-0.15, -0.1) is 10.2 Å². The molecule has 0 aliphatic carbocycles. The molecule has 0 bridgehead atoms. The second-order valence-electron chi connectivity index (χ2n) is 8.34. The number of benzene rings is 2. The van der Waals surface area contributed by atoms with Gasteiger partial charge in [0.1, 0.15) is 5.75 Å². The Kier molecular flexibility index (Phi) is 4.55. The lowest BCUT2D eigenvalue weighted by Gasteiger charge is -2.48. The third-order valence-corrected chi connectivity index (χ3v) is 6.15. The molecule has 0 radical (unpaired) electrons. The number of carbonyl (C=O) groups is 1. The molecule has 1 atom stereocenters. The van der Waals surface area contributed by atoms with E-state index in [1.807, 2.05) is 53.4 Å². The molecule has 1 unspecified atom stereocenters. The van der Waals surface area contributed by atoms with Gasteiger partial charge < -0.3 is 14.1 Å². The van der Waals surface area contributed by atoms with Gasteiger partial charge in [-0.1, -0.05) is 24.3 Å². The van der Waals surface area contributed by atoms with Gasteiger partial charge in [-0.05, 0) is 43.8 Å². The molecule has 2 fully saturated rings. The maximum Gasteiger partial charge on any atom is 0.254 e. The van der Waals surface area contributed by atoms with E-state index >= 15 is 0 Å². The number of methoxy groups -OCH3 is 1. The molecule has 0 saturated carbocycles. The Morgan fingerprint density at radius 3 is 2.67 bits per heavy atom. The SMILES string of the molecule is COc1cccc(C(=O)N2CC3(CC(c4nnc(-c5ccccc5)o4)N(C)C3)C2)c1. The number of hydrogen-bond acceptors (Lipinski definition) is 6. The fourth-order valence-electron chi connectivity index (χ4n) is 4.69. The van der Waals surface area contributed by atoms with Gasteiger partial charge in [0.25, 0.3) is 5.91 Å². The van der Waals surface area contributed by atoms with Crippen LogP contribution in [-0.2, 0) is 0 Å². The number of carbonyl (C=O) groups excluding carboxylic acids is 1. The zero-order valence-corrected chi connectivity index (χ0v) is 17.1. The predicted octanol–water partition coefficient (Wildman–Crippen LogP) is 3.26. The van der Waals surface area contributed by atoms with Crippen molar-refractivity contribution < 1.29 is 13.9 Å². The lowest BCUT2D eigenvalue weighted by Crippen LogP contribution is -2.59. The number of likely N-dealkylation sites (tertiary alicyclic amines) is 2. The summed E-state index contributed by atoms with van der Waals surface area (Å²) in [6, 6.07) is 17.2. The van der Waals surface area contributed by atoms with E-state index in [1.165, 1.54) is 0 Å². The van der Waals surface area contributed by atoms with Crippen LogP contribution in [0.1, 0.15) is 28.7 Å². The Labute approximate surface area is 175 Å². The minimum atomic E-state index is 0.0507. The van der Waals surface area contributed by atoms with Crippen LogP contribution in [0.15, 0.2) is 59.0 Å². The molecule has 1 aromatic heterocycles. The summed E-state index contributed by atoms with van der Waals surface area (Å²) in [5.41, 5.74) is 1.66. The maximum atomic E-state index is 12.8. The van der Waals surface area contributed by atoms with E-state index in [1.54, 1.807) is 13.2 Å². The molecule has 5 rings (SSSR count). The Morgan fingerprint density at radius 2 is 1.90 bits per heavy atom. The van der Waals surface area contributed by atoms with Crippen molar-refractivity contribution in [3.05, 3.63) is 66.1 Å². The van der Waals surface area contributed by atoms with Crippen molar-refractivity contribution in [2.75, 3.05) is 33.8 Å². The largest absolute Gasteiger partial charge is 0.497 e. The van der Waals surface area contributed by atoms with Gasteiger partial charge in [0.2, 0.25) is 11.8 Å². The Balaban J connectivity index is 1.27. The van der Waals surface area contributed by atoms with Crippen LogP contribution < -0.4 is 4.74 Å². The molecular formula is C23H24N4O3. The normalized spacial score (nSPS) is 20.3. The standard InChI is InChI=1S/C23H24N4O3/c1-26-13-23(14-27(15-23)22(28)17-9-6-10-18(11-17)29-2)12-19(26)21-25-24-20(30-21)16-7-4-3-5-8-16/h3-11,19H,12-15H2,1-2H3. The van der Waals surface area contributed by atoms with E-state index in [-0.39, 0.29) is 17.4 Å². The highest BCUT2D eigenvalue weighted by Gasteiger charge is 2.53. The van der Waals surface area contributed by atoms with Crippen molar-refractivity contribution in [2.24, 2.45) is 5.41 Å². The monoisotopic (exact) mass is 404 g/mol. The fourth-order valence-corrected chi connectivity index (χ4v) is 4.69. The van der Waals surface area contributed by atoms with Crippen molar-refractivity contribution in [3.63, 3.8) is 0 Å². The summed E-state index contributed by atoms with van der Waals surface area (Å²) in [7, 11) is 3.69. The zero-order chi connectivity index (χ0) is 20.7. The Hall–Kier alpha value is -3.19. The molecule has 7 heteroatoms. The summed E-state index contributed by atoms with van der Waals surface area (Å²) in [5.74, 6) is 1.94. The molecule has 2 aromatic carbocycles. The van der Waals surface area contributed by atoms with Crippen LogP contribution in [0.2, 0.25) is 0 Å². The third kappa shape index (κ3) is 3.25. The fraction of sp³-hybridized carbons (Fsp3) is 0.348. The second-order valence-corrected chi connectivity index (χ2v) is 8.34. The van der Waals surface area contributed by atoms with E-state index < -0.39 is 0 Å². The van der Waals surface area contributed by atoms with Crippen LogP contribution in [-0.4, -0.2) is 59.7 Å².